The predicted octanol–water partition coefficient (Wildman–Crippen LogP) is 23.4. The minimum Gasteiger partial charge on any atom is -0.300 e. The van der Waals surface area contributed by atoms with E-state index in [1.54, 1.807) is 13.8 Å². The van der Waals surface area contributed by atoms with Crippen molar-refractivity contribution in [3.8, 4) is 0 Å². The molecule has 0 spiro atoms. The molecule has 11 aromatic carbocycles. The van der Waals surface area contributed by atoms with E-state index in [0.29, 0.717) is 11.1 Å². The Balaban J connectivity index is -0.00000105. The van der Waals surface area contributed by atoms with Gasteiger partial charge in [-0.3, -0.25) is 9.59 Å². The number of carbonyl (C=O) groups is 8. The van der Waals surface area contributed by atoms with Crippen LogP contribution < -0.4 is 0 Å². The highest BCUT2D eigenvalue weighted by Crippen LogP contribution is 2.34. The monoisotopic (exact) mass is 1310 g/mol. The molecule has 0 aliphatic heterocycles. The van der Waals surface area contributed by atoms with Gasteiger partial charge in [0.15, 0.2) is 11.6 Å². The smallest absolute Gasteiger partial charge is 0.161 e. The van der Waals surface area contributed by atoms with E-state index in [1.165, 1.54) is 144 Å². The Kier molecular flexibility index (Phi) is 49.8. The van der Waals surface area contributed by atoms with Crippen molar-refractivity contribution in [3.63, 3.8) is 0 Å². The third-order valence-corrected chi connectivity index (χ3v) is 12.0. The number of carbonyl (C=O) groups excluding carboxylic acids is 8. The zero-order valence-electron chi connectivity index (χ0n) is 58.3. The number of Topliss-reactive ketones (excluding diaryl/α,β-unsaturated/α-hetero) is 8. The summed E-state index contributed by atoms with van der Waals surface area (Å²) in [6.07, 6.45) is 4.49. The topological polar surface area (TPSA) is 137 Å². The van der Waals surface area contributed by atoms with Crippen LogP contribution in [-0.2, 0) is 48.0 Å². The Bertz CT molecular complexity index is 3510. The van der Waals surface area contributed by atoms with Gasteiger partial charge in [0.05, 0.1) is 0 Å². The van der Waals surface area contributed by atoms with E-state index in [-0.39, 0.29) is 68.5 Å². The van der Waals surface area contributed by atoms with Crippen LogP contribution in [0.4, 0.5) is 0 Å². The number of ketones is 8. The lowest BCUT2D eigenvalue weighted by molar-refractivity contribution is -0.115. The Morgan fingerprint density at radius 2 is 0.381 bits per heavy atom. The SMILES string of the molecule is C.C.C.CC(=O)c1c2ccccc2c(C(C)=O)c2ccccc12.CC(C)=O.CC(C)=O.CC(C)=O.CC(C)=O.CC(C)=O.CC(C)=O.CCC.c1ccc(Cc2ccccc2)cc1.c1ccc2c(c1)Cc1ccccc1C2.c1ccc2ccccc2c1.c1ccc2ccccc2c1. The molecule has 0 amide bonds. The number of benzene rings is 11. The molecule has 8 nitrogen and oxygen atoms in total. The van der Waals surface area contributed by atoms with Gasteiger partial charge in [-0.05, 0) is 193 Å². The summed E-state index contributed by atoms with van der Waals surface area (Å²) >= 11 is 0. The molecule has 11 aromatic rings. The minimum atomic E-state index is 0. The minimum absolute atomic E-state index is 0. The van der Waals surface area contributed by atoms with Crippen LogP contribution in [0.5, 0.6) is 0 Å². The van der Waals surface area contributed by atoms with Crippen LogP contribution >= 0.6 is 0 Å². The highest BCUT2D eigenvalue weighted by atomic mass is 16.1. The van der Waals surface area contributed by atoms with Gasteiger partial charge < -0.3 is 28.8 Å². The lowest BCUT2D eigenvalue weighted by Gasteiger charge is -2.18. The van der Waals surface area contributed by atoms with Gasteiger partial charge in [-0.15, -0.1) is 0 Å². The normalized spacial score (nSPS) is 9.32. The number of fused-ring (bicyclic) bond motifs is 6. The van der Waals surface area contributed by atoms with Gasteiger partial charge in [0.1, 0.15) is 34.7 Å². The zero-order valence-corrected chi connectivity index (χ0v) is 58.3. The fraction of sp³-hybridized carbons (Fsp3) is 0.258. The third-order valence-electron chi connectivity index (χ3n) is 12.0. The van der Waals surface area contributed by atoms with Crippen LogP contribution in [0.25, 0.3) is 43.1 Å². The number of hydrogen-bond acceptors (Lipinski definition) is 8. The number of rotatable bonds is 4. The summed E-state index contributed by atoms with van der Waals surface area (Å²) in [5.41, 5.74) is 10.1. The molecule has 97 heavy (non-hydrogen) atoms. The van der Waals surface area contributed by atoms with Crippen molar-refractivity contribution in [2.24, 2.45) is 0 Å². The first kappa shape index (κ1) is 91.0. The zero-order chi connectivity index (χ0) is 70.4. The molecule has 1 aliphatic carbocycles. The highest BCUT2D eigenvalue weighted by Gasteiger charge is 2.18. The summed E-state index contributed by atoms with van der Waals surface area (Å²) < 4.78 is 0. The second-order valence-corrected chi connectivity index (χ2v) is 22.8. The maximum absolute atomic E-state index is 12.1. The van der Waals surface area contributed by atoms with Crippen LogP contribution in [0.1, 0.15) is 194 Å². The Hall–Kier alpha value is -10.2. The van der Waals surface area contributed by atoms with Gasteiger partial charge in [0, 0.05) is 11.1 Å². The summed E-state index contributed by atoms with van der Waals surface area (Å²) in [6.45, 7) is 25.7. The quantitative estimate of drug-likeness (QED) is 0.125. The molecule has 1 aliphatic rings. The molecule has 0 aromatic heterocycles. The summed E-state index contributed by atoms with van der Waals surface area (Å²) in [7, 11) is 0. The largest absolute Gasteiger partial charge is 0.300 e. The maximum atomic E-state index is 12.1. The average molecular weight is 1310 g/mol. The molecule has 0 heterocycles. The second-order valence-electron chi connectivity index (χ2n) is 22.8. The van der Waals surface area contributed by atoms with Crippen molar-refractivity contribution < 1.29 is 38.4 Å². The van der Waals surface area contributed by atoms with Gasteiger partial charge >= 0.3 is 0 Å². The average Bonchev–Trinajstić information content (AvgIpc) is 0.751. The van der Waals surface area contributed by atoms with Crippen LogP contribution in [0, 0.1) is 0 Å². The van der Waals surface area contributed by atoms with E-state index in [9.17, 15) is 38.4 Å². The predicted molar refractivity (Wildman–Crippen MR) is 418 cm³/mol. The standard InChI is InChI=1S/C18H14O2.C14H12.C13H12.2C10H8.6C3H6O.C3H8.3CH4/c1-11(19)17-13-7-3-5-9-15(13)18(12(2)20)16-10-6-4-8-14(16)17;1-2-6-12-10-14-8-4-3-7-13(14)9-11(12)5-1;1-3-7-12(8-4-1)11-13-9-5-2-6-10-13;2*1-2-6-10-8-4-3-7-9(10)5-1;6*1-3(2)4;1-3-2;;;/h3-10H,1-2H3;1-8H,9-10H2;1-10H,11H2;2*1-8H;6*1-2H3;3H2,1-2H3;3*1H4. The van der Waals surface area contributed by atoms with Gasteiger partial charge in [0.25, 0.3) is 0 Å². The molecule has 12 rings (SSSR count). The Morgan fingerprint density at radius 3 is 0.546 bits per heavy atom. The van der Waals surface area contributed by atoms with Gasteiger partial charge in [-0.25, -0.2) is 0 Å². The van der Waals surface area contributed by atoms with E-state index in [2.05, 4.69) is 220 Å². The summed E-state index contributed by atoms with van der Waals surface area (Å²) in [5, 5.41) is 8.64. The molecule has 0 radical (unpaired) electrons. The molecule has 0 fully saturated rings. The summed E-state index contributed by atoms with van der Waals surface area (Å²) in [4.78, 5) is 80.8. The van der Waals surface area contributed by atoms with E-state index >= 15 is 0 Å². The highest BCUT2D eigenvalue weighted by molar-refractivity contribution is 6.26. The molecule has 8 heteroatoms. The molecular weight excluding hydrogens is 1200 g/mol. The lowest BCUT2D eigenvalue weighted by atomic mass is 9.86. The van der Waals surface area contributed by atoms with Crippen molar-refractivity contribution in [3.05, 3.63) is 299 Å². The van der Waals surface area contributed by atoms with E-state index in [1.807, 2.05) is 48.5 Å². The Labute approximate surface area is 582 Å². The second kappa shape index (κ2) is 53.1. The Morgan fingerprint density at radius 1 is 0.237 bits per heavy atom. The molecule has 0 saturated carbocycles. The first-order valence-electron chi connectivity index (χ1n) is 31.6. The summed E-state index contributed by atoms with van der Waals surface area (Å²) in [5.74, 6) is 1.04. The fourth-order valence-electron chi connectivity index (χ4n) is 8.80. The lowest BCUT2D eigenvalue weighted by Crippen LogP contribution is -2.06. The van der Waals surface area contributed by atoms with E-state index in [4.69, 9.17) is 0 Å². The van der Waals surface area contributed by atoms with Gasteiger partial charge in [-0.1, -0.05) is 297 Å². The van der Waals surface area contributed by atoms with E-state index < -0.39 is 0 Å². The van der Waals surface area contributed by atoms with Crippen molar-refractivity contribution in [1.29, 1.82) is 0 Å². The van der Waals surface area contributed by atoms with Crippen LogP contribution in [0.15, 0.2) is 255 Å². The maximum Gasteiger partial charge on any atom is 0.161 e. The first-order chi connectivity index (χ1) is 44.7. The number of hydrogen-bond donors (Lipinski definition) is 0. The molecule has 0 N–H and O–H groups in total. The molecule has 0 unspecified atom stereocenters. The van der Waals surface area contributed by atoms with Crippen molar-refractivity contribution in [2.45, 2.75) is 159 Å². The molecular formula is C89H110O8. The fourth-order valence-corrected chi connectivity index (χ4v) is 8.80. The molecule has 0 bridgehead atoms. The third kappa shape index (κ3) is 40.6. The van der Waals surface area contributed by atoms with Crippen molar-refractivity contribution in [2.75, 3.05) is 0 Å². The summed E-state index contributed by atoms with van der Waals surface area (Å²) in [6, 6.07) is 87.2. The molecule has 514 valence electrons. The van der Waals surface area contributed by atoms with Crippen LogP contribution in [-0.4, -0.2) is 46.3 Å². The van der Waals surface area contributed by atoms with Gasteiger partial charge in [-0.2, -0.15) is 0 Å². The van der Waals surface area contributed by atoms with Crippen molar-refractivity contribution in [1.82, 2.24) is 0 Å². The van der Waals surface area contributed by atoms with Crippen molar-refractivity contribution >= 4 is 89.4 Å². The molecule has 0 atom stereocenters. The van der Waals surface area contributed by atoms with Gasteiger partial charge in [0.2, 0.25) is 0 Å². The molecule has 0 saturated heterocycles. The van der Waals surface area contributed by atoms with Crippen LogP contribution in [0.3, 0.4) is 0 Å². The first-order valence-corrected chi connectivity index (χ1v) is 31.6. The van der Waals surface area contributed by atoms with E-state index in [0.717, 1.165) is 40.8 Å². The van der Waals surface area contributed by atoms with Crippen LogP contribution in [0.2, 0.25) is 0 Å².